The summed E-state index contributed by atoms with van der Waals surface area (Å²) in [6, 6.07) is 14.2. The van der Waals surface area contributed by atoms with E-state index in [2.05, 4.69) is 32.9 Å². The van der Waals surface area contributed by atoms with Crippen molar-refractivity contribution in [1.82, 2.24) is 9.97 Å². The predicted octanol–water partition coefficient (Wildman–Crippen LogP) is 6.12. The maximum atomic E-state index is 13.3. The van der Waals surface area contributed by atoms with Crippen LogP contribution in [0.5, 0.6) is 0 Å². The van der Waals surface area contributed by atoms with Gasteiger partial charge in [0.1, 0.15) is 5.82 Å². The first-order valence-corrected chi connectivity index (χ1v) is 11.3. The Labute approximate surface area is 189 Å². The molecule has 0 atom stereocenters. The minimum absolute atomic E-state index is 0.0999. The van der Waals surface area contributed by atoms with Crippen LogP contribution >= 0.6 is 22.6 Å². The lowest BCUT2D eigenvalue weighted by Gasteiger charge is -2.23. The summed E-state index contributed by atoms with van der Waals surface area (Å²) in [5, 5.41) is 2.98. The van der Waals surface area contributed by atoms with Crippen LogP contribution in [-0.4, -0.2) is 15.9 Å². The lowest BCUT2D eigenvalue weighted by molar-refractivity contribution is -0.115. The van der Waals surface area contributed by atoms with E-state index in [1.54, 1.807) is 18.3 Å². The second-order valence-electron chi connectivity index (χ2n) is 7.68. The van der Waals surface area contributed by atoms with Crippen LogP contribution in [0.2, 0.25) is 0 Å². The quantitative estimate of drug-likeness (QED) is 0.417. The maximum Gasteiger partial charge on any atom is 0.229 e. The van der Waals surface area contributed by atoms with Crippen LogP contribution in [-0.2, 0) is 11.2 Å². The number of aromatic nitrogens is 2. The Morgan fingerprint density at radius 3 is 2.43 bits per heavy atom. The molecule has 154 valence electrons. The summed E-state index contributed by atoms with van der Waals surface area (Å²) >= 11 is 2.25. The lowest BCUT2D eigenvalue weighted by atomic mass is 9.86. The highest BCUT2D eigenvalue weighted by molar-refractivity contribution is 14.1. The molecule has 0 spiro atoms. The second kappa shape index (κ2) is 9.64. The van der Waals surface area contributed by atoms with Gasteiger partial charge < -0.3 is 5.32 Å². The van der Waals surface area contributed by atoms with Crippen molar-refractivity contribution in [3.63, 3.8) is 0 Å². The zero-order valence-corrected chi connectivity index (χ0v) is 18.7. The van der Waals surface area contributed by atoms with Crippen LogP contribution in [0.1, 0.15) is 49.3 Å². The summed E-state index contributed by atoms with van der Waals surface area (Å²) in [6.07, 6.45) is 7.58. The standard InChI is InChI=1S/C24H23FIN3O/c25-19-10-8-17(9-11-19)21-15-27-24(23(28-21)18-4-2-1-3-5-18)29-22(30)14-16-6-12-20(26)13-7-16/h6-13,15,18H,1-5,14H2,(H,27,29,30). The van der Waals surface area contributed by atoms with Gasteiger partial charge in [0, 0.05) is 15.1 Å². The van der Waals surface area contributed by atoms with Gasteiger partial charge in [0.05, 0.1) is 24.0 Å². The van der Waals surface area contributed by atoms with Crippen molar-refractivity contribution in [2.24, 2.45) is 0 Å². The van der Waals surface area contributed by atoms with Gasteiger partial charge >= 0.3 is 0 Å². The Bertz CT molecular complexity index is 1020. The van der Waals surface area contributed by atoms with Crippen LogP contribution in [0.4, 0.5) is 10.2 Å². The molecule has 2 aromatic carbocycles. The molecule has 0 aliphatic heterocycles. The Morgan fingerprint density at radius 2 is 1.73 bits per heavy atom. The van der Waals surface area contributed by atoms with E-state index in [0.29, 0.717) is 17.9 Å². The molecule has 0 bridgehead atoms. The third-order valence-electron chi connectivity index (χ3n) is 5.47. The Hall–Kier alpha value is -2.35. The van der Waals surface area contributed by atoms with Crippen molar-refractivity contribution in [3.8, 4) is 11.3 Å². The fraction of sp³-hybridized carbons (Fsp3) is 0.292. The van der Waals surface area contributed by atoms with Gasteiger partial charge in [-0.3, -0.25) is 4.79 Å². The first-order valence-electron chi connectivity index (χ1n) is 10.3. The number of anilines is 1. The molecule has 1 heterocycles. The fourth-order valence-electron chi connectivity index (χ4n) is 3.88. The van der Waals surface area contributed by atoms with Crippen LogP contribution < -0.4 is 5.32 Å². The number of amides is 1. The molecular weight excluding hydrogens is 492 g/mol. The summed E-state index contributed by atoms with van der Waals surface area (Å²) in [6.45, 7) is 0. The van der Waals surface area contributed by atoms with Gasteiger partial charge in [-0.1, -0.05) is 31.4 Å². The monoisotopic (exact) mass is 515 g/mol. The predicted molar refractivity (Wildman–Crippen MR) is 125 cm³/mol. The largest absolute Gasteiger partial charge is 0.309 e. The molecule has 1 saturated carbocycles. The van der Waals surface area contributed by atoms with Gasteiger partial charge in [-0.25, -0.2) is 14.4 Å². The molecule has 3 aromatic rings. The van der Waals surface area contributed by atoms with E-state index in [1.165, 1.54) is 18.6 Å². The lowest BCUT2D eigenvalue weighted by Crippen LogP contribution is -2.19. The topological polar surface area (TPSA) is 54.9 Å². The molecule has 1 N–H and O–H groups in total. The molecule has 30 heavy (non-hydrogen) atoms. The van der Waals surface area contributed by atoms with Gasteiger partial charge in [0.2, 0.25) is 5.91 Å². The van der Waals surface area contributed by atoms with Gasteiger partial charge in [0.15, 0.2) is 5.82 Å². The van der Waals surface area contributed by atoms with E-state index >= 15 is 0 Å². The fourth-order valence-corrected chi connectivity index (χ4v) is 4.24. The third kappa shape index (κ3) is 5.22. The Balaban J connectivity index is 1.59. The van der Waals surface area contributed by atoms with Crippen LogP contribution in [0.15, 0.2) is 54.7 Å². The molecule has 1 aromatic heterocycles. The highest BCUT2D eigenvalue weighted by Gasteiger charge is 2.23. The molecule has 4 nitrogen and oxygen atoms in total. The van der Waals surface area contributed by atoms with E-state index in [1.807, 2.05) is 24.3 Å². The Kier molecular flexibility index (Phi) is 6.72. The number of hydrogen-bond acceptors (Lipinski definition) is 3. The molecule has 0 radical (unpaired) electrons. The van der Waals surface area contributed by atoms with Crippen molar-refractivity contribution in [2.75, 3.05) is 5.32 Å². The normalized spacial score (nSPS) is 14.5. The molecule has 1 fully saturated rings. The summed E-state index contributed by atoms with van der Waals surface area (Å²) in [5.74, 6) is 0.444. The van der Waals surface area contributed by atoms with E-state index in [-0.39, 0.29) is 17.6 Å². The number of rotatable bonds is 5. The van der Waals surface area contributed by atoms with Crippen molar-refractivity contribution in [3.05, 3.63) is 75.4 Å². The van der Waals surface area contributed by atoms with Gasteiger partial charge in [-0.05, 0) is 77.4 Å². The van der Waals surface area contributed by atoms with E-state index in [0.717, 1.165) is 46.1 Å². The zero-order valence-electron chi connectivity index (χ0n) is 16.6. The number of nitrogens with one attached hydrogen (secondary N) is 1. The summed E-state index contributed by atoms with van der Waals surface area (Å²) in [7, 11) is 0. The van der Waals surface area contributed by atoms with Crippen molar-refractivity contribution in [1.29, 1.82) is 0 Å². The van der Waals surface area contributed by atoms with Crippen molar-refractivity contribution >= 4 is 34.3 Å². The first kappa shape index (κ1) is 20.9. The molecular formula is C24H23FIN3O. The summed E-state index contributed by atoms with van der Waals surface area (Å²) in [4.78, 5) is 22.1. The van der Waals surface area contributed by atoms with E-state index in [4.69, 9.17) is 4.98 Å². The minimum Gasteiger partial charge on any atom is -0.309 e. The van der Waals surface area contributed by atoms with Gasteiger partial charge in [0.25, 0.3) is 0 Å². The number of benzene rings is 2. The molecule has 0 saturated heterocycles. The number of halogens is 2. The molecule has 1 aliphatic rings. The van der Waals surface area contributed by atoms with Gasteiger partial charge in [-0.15, -0.1) is 0 Å². The SMILES string of the molecule is O=C(Cc1ccc(I)cc1)Nc1ncc(-c2ccc(F)cc2)nc1C1CCCCC1. The highest BCUT2D eigenvalue weighted by Crippen LogP contribution is 2.35. The van der Waals surface area contributed by atoms with Crippen molar-refractivity contribution in [2.45, 2.75) is 44.4 Å². The molecule has 6 heteroatoms. The molecule has 0 unspecified atom stereocenters. The number of nitrogens with zero attached hydrogens (tertiary/aromatic N) is 2. The van der Waals surface area contributed by atoms with E-state index < -0.39 is 0 Å². The summed E-state index contributed by atoms with van der Waals surface area (Å²) < 4.78 is 14.4. The molecule has 1 amide bonds. The average Bonchev–Trinajstić information content (AvgIpc) is 2.77. The number of carbonyl (C=O) groups excluding carboxylic acids is 1. The Morgan fingerprint density at radius 1 is 1.03 bits per heavy atom. The number of carbonyl (C=O) groups is 1. The number of hydrogen-bond donors (Lipinski definition) is 1. The second-order valence-corrected chi connectivity index (χ2v) is 8.93. The third-order valence-corrected chi connectivity index (χ3v) is 6.19. The minimum atomic E-state index is -0.279. The van der Waals surface area contributed by atoms with Crippen LogP contribution in [0, 0.1) is 9.39 Å². The van der Waals surface area contributed by atoms with Crippen molar-refractivity contribution < 1.29 is 9.18 Å². The van der Waals surface area contributed by atoms with Gasteiger partial charge in [-0.2, -0.15) is 0 Å². The average molecular weight is 515 g/mol. The van der Waals surface area contributed by atoms with Crippen LogP contribution in [0.25, 0.3) is 11.3 Å². The smallest absolute Gasteiger partial charge is 0.229 e. The highest BCUT2D eigenvalue weighted by atomic mass is 127. The van der Waals surface area contributed by atoms with Crippen LogP contribution in [0.3, 0.4) is 0 Å². The zero-order chi connectivity index (χ0) is 20.9. The van der Waals surface area contributed by atoms with E-state index in [9.17, 15) is 9.18 Å². The molecule has 1 aliphatic carbocycles. The maximum absolute atomic E-state index is 13.3. The summed E-state index contributed by atoms with van der Waals surface area (Å²) in [5.41, 5.74) is 3.32. The molecule has 4 rings (SSSR count). The first-order chi connectivity index (χ1) is 14.6.